The van der Waals surface area contributed by atoms with Crippen molar-refractivity contribution in [3.05, 3.63) is 20.8 Å². The fourth-order valence-corrected chi connectivity index (χ4v) is 4.97. The number of halogens is 1. The molecule has 0 bridgehead atoms. The first-order valence-electron chi connectivity index (χ1n) is 8.32. The fourth-order valence-electron chi connectivity index (χ4n) is 3.40. The van der Waals surface area contributed by atoms with Gasteiger partial charge in [0.05, 0.1) is 0 Å². The molecule has 1 aromatic heterocycles. The van der Waals surface area contributed by atoms with Crippen molar-refractivity contribution in [2.75, 3.05) is 19.6 Å². The standard InChI is InChI=1S/C17H29BrN2S/c1-4-9-19-16(13-15-14(18)8-12-21-15)17(3,5-2)20-10-6-7-11-20/h8,12,16,19H,4-7,9-11,13H2,1-3H3. The van der Waals surface area contributed by atoms with Crippen LogP contribution in [0.4, 0.5) is 0 Å². The van der Waals surface area contributed by atoms with Crippen LogP contribution in [-0.2, 0) is 6.42 Å². The van der Waals surface area contributed by atoms with E-state index in [1.165, 1.54) is 48.1 Å². The van der Waals surface area contributed by atoms with E-state index in [-0.39, 0.29) is 5.54 Å². The van der Waals surface area contributed by atoms with Crippen LogP contribution in [0, 0.1) is 0 Å². The second-order valence-electron chi connectivity index (χ2n) is 6.31. The molecule has 2 heterocycles. The van der Waals surface area contributed by atoms with Gasteiger partial charge in [0.15, 0.2) is 0 Å². The van der Waals surface area contributed by atoms with Gasteiger partial charge in [0, 0.05) is 20.9 Å². The third-order valence-electron chi connectivity index (χ3n) is 5.02. The summed E-state index contributed by atoms with van der Waals surface area (Å²) in [6.07, 6.45) is 6.25. The molecule has 2 rings (SSSR count). The number of nitrogens with one attached hydrogen (secondary N) is 1. The van der Waals surface area contributed by atoms with Crippen molar-refractivity contribution in [2.24, 2.45) is 0 Å². The van der Waals surface area contributed by atoms with Gasteiger partial charge in [0.2, 0.25) is 0 Å². The first kappa shape index (κ1) is 17.5. The fraction of sp³-hybridized carbons (Fsp3) is 0.765. The third-order valence-corrected chi connectivity index (χ3v) is 6.96. The second kappa shape index (κ2) is 8.09. The molecule has 1 N–H and O–H groups in total. The zero-order valence-corrected chi connectivity index (χ0v) is 16.0. The minimum atomic E-state index is 0.259. The summed E-state index contributed by atoms with van der Waals surface area (Å²) in [6, 6.07) is 2.70. The number of nitrogens with zero attached hydrogens (tertiary/aromatic N) is 1. The summed E-state index contributed by atoms with van der Waals surface area (Å²) in [6.45, 7) is 10.7. The van der Waals surface area contributed by atoms with Crippen molar-refractivity contribution < 1.29 is 0 Å². The molecule has 21 heavy (non-hydrogen) atoms. The molecule has 2 unspecified atom stereocenters. The molecule has 4 heteroatoms. The molecule has 0 aliphatic carbocycles. The molecule has 0 amide bonds. The molecule has 1 aliphatic heterocycles. The Labute approximate surface area is 142 Å². The normalized spacial score (nSPS) is 20.6. The van der Waals surface area contributed by atoms with Crippen molar-refractivity contribution in [1.29, 1.82) is 0 Å². The molecule has 0 spiro atoms. The predicted molar refractivity (Wildman–Crippen MR) is 97.3 cm³/mol. The topological polar surface area (TPSA) is 15.3 Å². The van der Waals surface area contributed by atoms with E-state index in [0.717, 1.165) is 13.0 Å². The Balaban J connectivity index is 2.17. The molecule has 2 nitrogen and oxygen atoms in total. The molecule has 2 atom stereocenters. The number of thiophene rings is 1. The van der Waals surface area contributed by atoms with Crippen LogP contribution in [0.3, 0.4) is 0 Å². The van der Waals surface area contributed by atoms with Crippen molar-refractivity contribution in [2.45, 2.75) is 64.5 Å². The summed E-state index contributed by atoms with van der Waals surface area (Å²) in [5.41, 5.74) is 0.259. The van der Waals surface area contributed by atoms with Crippen LogP contribution < -0.4 is 5.32 Å². The first-order chi connectivity index (χ1) is 10.1. The van der Waals surface area contributed by atoms with E-state index in [4.69, 9.17) is 0 Å². The van der Waals surface area contributed by atoms with E-state index in [1.54, 1.807) is 0 Å². The lowest BCUT2D eigenvalue weighted by atomic mass is 9.85. The maximum absolute atomic E-state index is 3.85. The lowest BCUT2D eigenvalue weighted by Gasteiger charge is -2.45. The third kappa shape index (κ3) is 4.10. The molecule has 1 fully saturated rings. The zero-order chi connectivity index (χ0) is 15.3. The molecule has 1 aliphatic rings. The van der Waals surface area contributed by atoms with Gasteiger partial charge in [0.1, 0.15) is 0 Å². The van der Waals surface area contributed by atoms with Crippen molar-refractivity contribution >= 4 is 27.3 Å². The summed E-state index contributed by atoms with van der Waals surface area (Å²) < 4.78 is 1.27. The van der Waals surface area contributed by atoms with Gasteiger partial charge < -0.3 is 5.32 Å². The second-order valence-corrected chi connectivity index (χ2v) is 8.16. The average molecular weight is 373 g/mol. The highest BCUT2D eigenvalue weighted by Crippen LogP contribution is 2.32. The number of hydrogen-bond donors (Lipinski definition) is 1. The molecule has 0 radical (unpaired) electrons. The van der Waals surface area contributed by atoms with Crippen molar-refractivity contribution in [1.82, 2.24) is 10.2 Å². The van der Waals surface area contributed by atoms with Crippen LogP contribution in [0.2, 0.25) is 0 Å². The van der Waals surface area contributed by atoms with Gasteiger partial charge in [-0.3, -0.25) is 4.90 Å². The average Bonchev–Trinajstić information content (AvgIpc) is 3.15. The highest BCUT2D eigenvalue weighted by atomic mass is 79.9. The zero-order valence-electron chi connectivity index (χ0n) is 13.6. The monoisotopic (exact) mass is 372 g/mol. The van der Waals surface area contributed by atoms with Crippen LogP contribution >= 0.6 is 27.3 Å². The summed E-state index contributed by atoms with van der Waals surface area (Å²) in [4.78, 5) is 4.20. The van der Waals surface area contributed by atoms with Crippen LogP contribution in [0.1, 0.15) is 51.3 Å². The maximum atomic E-state index is 3.85. The van der Waals surface area contributed by atoms with E-state index >= 15 is 0 Å². The largest absolute Gasteiger partial charge is 0.312 e. The SMILES string of the molecule is CCCNC(Cc1sccc1Br)C(C)(CC)N1CCCC1. The summed E-state index contributed by atoms with van der Waals surface area (Å²) in [5.74, 6) is 0. The Morgan fingerprint density at radius 1 is 1.38 bits per heavy atom. The summed E-state index contributed by atoms with van der Waals surface area (Å²) >= 11 is 5.58. The van der Waals surface area contributed by atoms with E-state index in [2.05, 4.69) is 58.4 Å². The van der Waals surface area contributed by atoms with Gasteiger partial charge in [-0.25, -0.2) is 0 Å². The molecule has 120 valence electrons. The predicted octanol–water partition coefficient (Wildman–Crippen LogP) is 4.69. The van der Waals surface area contributed by atoms with E-state index in [9.17, 15) is 0 Å². The molecule has 1 aromatic rings. The van der Waals surface area contributed by atoms with Crippen LogP contribution in [0.25, 0.3) is 0 Å². The highest BCUT2D eigenvalue weighted by Gasteiger charge is 2.39. The van der Waals surface area contributed by atoms with Crippen LogP contribution in [0.15, 0.2) is 15.9 Å². The maximum Gasteiger partial charge on any atom is 0.0335 e. The first-order valence-corrected chi connectivity index (χ1v) is 9.99. The Kier molecular flexibility index (Phi) is 6.73. The van der Waals surface area contributed by atoms with Gasteiger partial charge in [-0.1, -0.05) is 13.8 Å². The number of likely N-dealkylation sites (tertiary alicyclic amines) is 1. The summed E-state index contributed by atoms with van der Waals surface area (Å²) in [7, 11) is 0. The minimum Gasteiger partial charge on any atom is -0.312 e. The lowest BCUT2D eigenvalue weighted by Crippen LogP contribution is -2.59. The Bertz CT molecular complexity index is 428. The Morgan fingerprint density at radius 3 is 2.62 bits per heavy atom. The van der Waals surface area contributed by atoms with E-state index in [0.29, 0.717) is 6.04 Å². The quantitative estimate of drug-likeness (QED) is 0.711. The molecule has 0 saturated carbocycles. The van der Waals surface area contributed by atoms with Crippen molar-refractivity contribution in [3.63, 3.8) is 0 Å². The number of rotatable bonds is 8. The minimum absolute atomic E-state index is 0.259. The van der Waals surface area contributed by atoms with Crippen LogP contribution in [0.5, 0.6) is 0 Å². The summed E-state index contributed by atoms with van der Waals surface area (Å²) in [5, 5.41) is 6.04. The van der Waals surface area contributed by atoms with Crippen molar-refractivity contribution in [3.8, 4) is 0 Å². The highest BCUT2D eigenvalue weighted by molar-refractivity contribution is 9.10. The van der Waals surface area contributed by atoms with Crippen LogP contribution in [-0.4, -0.2) is 36.1 Å². The molecular formula is C17H29BrN2S. The van der Waals surface area contributed by atoms with Gasteiger partial charge in [-0.05, 0) is 86.0 Å². The molecular weight excluding hydrogens is 344 g/mol. The Hall–Kier alpha value is 0.1000. The smallest absolute Gasteiger partial charge is 0.0335 e. The van der Waals surface area contributed by atoms with E-state index in [1.807, 2.05) is 11.3 Å². The van der Waals surface area contributed by atoms with Gasteiger partial charge in [0.25, 0.3) is 0 Å². The van der Waals surface area contributed by atoms with E-state index < -0.39 is 0 Å². The van der Waals surface area contributed by atoms with Gasteiger partial charge >= 0.3 is 0 Å². The van der Waals surface area contributed by atoms with Gasteiger partial charge in [-0.2, -0.15) is 0 Å². The molecule has 0 aromatic carbocycles. The number of hydrogen-bond acceptors (Lipinski definition) is 3. The molecule has 1 saturated heterocycles. The van der Waals surface area contributed by atoms with Gasteiger partial charge in [-0.15, -0.1) is 11.3 Å². The lowest BCUT2D eigenvalue weighted by molar-refractivity contribution is 0.0843. The Morgan fingerprint density at radius 2 is 2.10 bits per heavy atom.